The molecule has 0 spiro atoms. The maximum atomic E-state index is 13.5. The molecule has 0 aliphatic rings. The van der Waals surface area contributed by atoms with Crippen LogP contribution in [0, 0.1) is 0 Å². The van der Waals surface area contributed by atoms with Gasteiger partial charge in [0.2, 0.25) is 17.7 Å². The highest BCUT2D eigenvalue weighted by Gasteiger charge is 2.31. The summed E-state index contributed by atoms with van der Waals surface area (Å²) in [7, 11) is 0. The topological polar surface area (TPSA) is 126 Å². The largest absolute Gasteiger partial charge is 0.416 e. The van der Waals surface area contributed by atoms with Crippen LogP contribution in [0.4, 0.5) is 35.2 Å². The fourth-order valence-corrected chi connectivity index (χ4v) is 3.57. The maximum Gasteiger partial charge on any atom is 0.416 e. The van der Waals surface area contributed by atoms with E-state index in [0.29, 0.717) is 18.7 Å². The van der Waals surface area contributed by atoms with E-state index in [2.05, 4.69) is 21.2 Å². The summed E-state index contributed by atoms with van der Waals surface area (Å²) in [6.07, 6.45) is -3.30. The lowest BCUT2D eigenvalue weighted by Gasteiger charge is -2.14. The summed E-state index contributed by atoms with van der Waals surface area (Å²) < 4.78 is 46.9. The van der Waals surface area contributed by atoms with Crippen molar-refractivity contribution in [1.29, 1.82) is 0 Å². The van der Waals surface area contributed by atoms with Crippen molar-refractivity contribution in [2.75, 3.05) is 16.0 Å². The number of rotatable bonds is 8. The van der Waals surface area contributed by atoms with Gasteiger partial charge in [0.25, 0.3) is 6.20 Å². The second-order valence-electron chi connectivity index (χ2n) is 8.37. The van der Waals surface area contributed by atoms with Gasteiger partial charge >= 0.3 is 18.1 Å². The molecule has 0 aliphatic heterocycles. The van der Waals surface area contributed by atoms with E-state index in [1.54, 1.807) is 30.3 Å². The number of alkyl halides is 3. The molecule has 196 valence electrons. The van der Waals surface area contributed by atoms with Gasteiger partial charge in [-0.2, -0.15) is 13.2 Å². The second-order valence-corrected chi connectivity index (χ2v) is 8.37. The molecule has 3 aromatic carbocycles. The molecule has 0 fully saturated rings. The van der Waals surface area contributed by atoms with Crippen molar-refractivity contribution in [2.24, 2.45) is 5.73 Å². The molecular weight excluding hydrogens is 501 g/mol. The van der Waals surface area contributed by atoms with Crippen LogP contribution in [-0.2, 0) is 30.5 Å². The van der Waals surface area contributed by atoms with Gasteiger partial charge in [0.15, 0.2) is 0 Å². The molecule has 0 atom stereocenters. The van der Waals surface area contributed by atoms with Gasteiger partial charge in [-0.05, 0) is 34.0 Å². The van der Waals surface area contributed by atoms with Gasteiger partial charge in [-0.1, -0.05) is 54.6 Å². The molecule has 1 heterocycles. The standard InChI is InChI=1S/C26H23F3N6O3/c27-26(28,29)20-11-21(31-23(36)10-17-4-2-1-3-5-17)13-22(12-20)32-25(37)33-24-16-35(34-38-24)15-19-8-6-18(14-30)7-9-19/h1-9,11-13,16H,10,14-15,30H2,(H2-,31,32,33,34,36,37)/p+1. The predicted octanol–water partition coefficient (Wildman–Crippen LogP) is 4.31. The highest BCUT2D eigenvalue weighted by atomic mass is 19.4. The molecule has 0 aliphatic carbocycles. The molecular formula is C26H24F3N6O3+. The van der Waals surface area contributed by atoms with E-state index in [0.717, 1.165) is 23.3 Å². The summed E-state index contributed by atoms with van der Waals surface area (Å²) in [6, 6.07) is 18.2. The van der Waals surface area contributed by atoms with Crippen LogP contribution in [0.1, 0.15) is 22.3 Å². The number of hydrogen-bond donors (Lipinski definition) is 4. The van der Waals surface area contributed by atoms with E-state index in [1.807, 2.05) is 24.3 Å². The summed E-state index contributed by atoms with van der Waals surface area (Å²) in [4.78, 5) is 24.8. The summed E-state index contributed by atoms with van der Waals surface area (Å²) in [5.41, 5.74) is 6.85. The summed E-state index contributed by atoms with van der Waals surface area (Å²) in [5, 5.41) is 11.0. The lowest BCUT2D eigenvalue weighted by Crippen LogP contribution is -2.35. The number of aromatic nitrogens is 2. The summed E-state index contributed by atoms with van der Waals surface area (Å²) in [6.45, 7) is 0.783. The number of amides is 3. The van der Waals surface area contributed by atoms with E-state index in [-0.39, 0.29) is 23.7 Å². The number of nitrogens with zero attached hydrogens (tertiary/aromatic N) is 2. The minimum Gasteiger partial charge on any atom is -0.326 e. The normalized spacial score (nSPS) is 11.2. The van der Waals surface area contributed by atoms with Crippen molar-refractivity contribution in [3.8, 4) is 0 Å². The van der Waals surface area contributed by atoms with E-state index < -0.39 is 23.7 Å². The zero-order valence-electron chi connectivity index (χ0n) is 20.0. The molecule has 0 saturated carbocycles. The first-order valence-corrected chi connectivity index (χ1v) is 11.5. The molecule has 4 rings (SSSR count). The van der Waals surface area contributed by atoms with Gasteiger partial charge < -0.3 is 16.4 Å². The Morgan fingerprint density at radius 3 is 2.18 bits per heavy atom. The summed E-state index contributed by atoms with van der Waals surface area (Å²) in [5.74, 6) is -0.528. The van der Waals surface area contributed by atoms with E-state index in [1.165, 1.54) is 16.9 Å². The van der Waals surface area contributed by atoms with Crippen molar-refractivity contribution in [3.63, 3.8) is 0 Å². The molecule has 0 radical (unpaired) electrons. The van der Waals surface area contributed by atoms with E-state index in [4.69, 9.17) is 10.3 Å². The monoisotopic (exact) mass is 525 g/mol. The SMILES string of the molecule is NCc1ccc(C[n+]2cc(NC(=O)Nc3cc(NC(=O)Cc4ccccc4)cc(C(F)(F)F)c3)on2)cc1. The molecule has 0 bridgehead atoms. The minimum absolute atomic E-state index is 0.0237. The third-order valence-electron chi connectivity index (χ3n) is 5.36. The van der Waals surface area contributed by atoms with Crippen LogP contribution in [-0.4, -0.2) is 17.2 Å². The number of nitrogens with two attached hydrogens (primary N) is 1. The molecule has 5 N–H and O–H groups in total. The van der Waals surface area contributed by atoms with Crippen LogP contribution >= 0.6 is 0 Å². The van der Waals surface area contributed by atoms with Gasteiger partial charge in [0.05, 0.1) is 12.0 Å². The number of hydrogen-bond acceptors (Lipinski definition) is 5. The molecule has 4 aromatic rings. The smallest absolute Gasteiger partial charge is 0.326 e. The molecule has 9 nitrogen and oxygen atoms in total. The third-order valence-corrected chi connectivity index (χ3v) is 5.36. The Hall–Kier alpha value is -4.71. The van der Waals surface area contributed by atoms with Crippen molar-refractivity contribution in [1.82, 2.24) is 5.27 Å². The first-order chi connectivity index (χ1) is 18.2. The Kier molecular flexibility index (Phi) is 8.02. The van der Waals surface area contributed by atoms with Crippen LogP contribution in [0.2, 0.25) is 0 Å². The quantitative estimate of drug-likeness (QED) is 0.255. The van der Waals surface area contributed by atoms with Crippen LogP contribution in [0.5, 0.6) is 0 Å². The Balaban J connectivity index is 1.41. The van der Waals surface area contributed by atoms with Crippen LogP contribution in [0.15, 0.2) is 83.5 Å². The van der Waals surface area contributed by atoms with Gasteiger partial charge in [-0.25, -0.2) is 4.79 Å². The first kappa shape index (κ1) is 26.4. The van der Waals surface area contributed by atoms with Crippen LogP contribution in [0.25, 0.3) is 0 Å². The molecule has 0 unspecified atom stereocenters. The number of urea groups is 1. The second kappa shape index (κ2) is 11.6. The molecule has 3 amide bonds. The number of halogens is 3. The number of nitrogens with one attached hydrogen (secondary N) is 3. The highest BCUT2D eigenvalue weighted by Crippen LogP contribution is 2.33. The van der Waals surface area contributed by atoms with Crippen molar-refractivity contribution < 1.29 is 32.0 Å². The zero-order chi connectivity index (χ0) is 27.1. The lowest BCUT2D eigenvalue weighted by atomic mass is 10.1. The molecule has 12 heteroatoms. The summed E-state index contributed by atoms with van der Waals surface area (Å²) >= 11 is 0. The first-order valence-electron chi connectivity index (χ1n) is 11.5. The highest BCUT2D eigenvalue weighted by molar-refractivity contribution is 6.00. The Labute approximate surface area is 215 Å². The third kappa shape index (κ3) is 7.40. The van der Waals surface area contributed by atoms with Crippen LogP contribution < -0.4 is 26.4 Å². The van der Waals surface area contributed by atoms with Crippen molar-refractivity contribution in [3.05, 3.63) is 101 Å². The number of anilines is 3. The van der Waals surface area contributed by atoms with Crippen molar-refractivity contribution >= 4 is 29.2 Å². The zero-order valence-corrected chi connectivity index (χ0v) is 20.0. The Morgan fingerprint density at radius 1 is 0.868 bits per heavy atom. The molecule has 38 heavy (non-hydrogen) atoms. The Bertz CT molecular complexity index is 1410. The minimum atomic E-state index is -4.70. The maximum absolute atomic E-state index is 13.5. The van der Waals surface area contributed by atoms with Gasteiger partial charge in [-0.15, -0.1) is 0 Å². The van der Waals surface area contributed by atoms with E-state index in [9.17, 15) is 22.8 Å². The number of carbonyl (C=O) groups is 2. The van der Waals surface area contributed by atoms with Gasteiger partial charge in [0, 0.05) is 23.5 Å². The average molecular weight is 526 g/mol. The average Bonchev–Trinajstić information content (AvgIpc) is 3.30. The molecule has 1 aromatic heterocycles. The van der Waals surface area contributed by atoms with E-state index >= 15 is 0 Å². The van der Waals surface area contributed by atoms with Crippen LogP contribution in [0.3, 0.4) is 0 Å². The Morgan fingerprint density at radius 2 is 1.53 bits per heavy atom. The van der Waals surface area contributed by atoms with Gasteiger partial charge in [-0.3, -0.25) is 14.6 Å². The number of benzene rings is 3. The molecule has 0 saturated heterocycles. The fraction of sp³-hybridized carbons (Fsp3) is 0.154. The fourth-order valence-electron chi connectivity index (χ4n) is 3.57. The van der Waals surface area contributed by atoms with Gasteiger partial charge in [0.1, 0.15) is 0 Å². The predicted molar refractivity (Wildman–Crippen MR) is 133 cm³/mol. The number of carbonyl (C=O) groups excluding carboxylic acids is 2. The lowest BCUT2D eigenvalue weighted by molar-refractivity contribution is -0.754. The van der Waals surface area contributed by atoms with Crippen molar-refractivity contribution in [2.45, 2.75) is 25.7 Å².